The van der Waals surface area contributed by atoms with Crippen LogP contribution in [-0.2, 0) is 40.0 Å². The molecule has 1 unspecified atom stereocenters. The maximum Gasteiger partial charge on any atom is 0.490 e. The van der Waals surface area contributed by atoms with E-state index in [0.717, 1.165) is 12.0 Å². The Labute approximate surface area is 338 Å². The van der Waals surface area contributed by atoms with Crippen LogP contribution in [-0.4, -0.2) is 123 Å². The number of likely N-dealkylation sites (tertiary alicyclic amines) is 1. The molecule has 0 spiro atoms. The molecule has 1 aliphatic rings. The summed E-state index contributed by atoms with van der Waals surface area (Å²) in [6.07, 6.45) is -18.3. The number of halogens is 12. The summed E-state index contributed by atoms with van der Waals surface area (Å²) in [5, 5.41) is 35.9. The van der Waals surface area contributed by atoms with E-state index >= 15 is 0 Å². The third-order valence-corrected chi connectivity index (χ3v) is 7.82. The number of alkyl halides is 12. The molecule has 1 saturated heterocycles. The lowest BCUT2D eigenvalue weighted by Gasteiger charge is -2.33. The first-order chi connectivity index (χ1) is 27.7. The average molecular weight is 913 g/mol. The number of piperidine rings is 1. The zero-order valence-electron chi connectivity index (χ0n) is 31.9. The lowest BCUT2D eigenvalue weighted by molar-refractivity contribution is -0.193. The molecule has 27 heteroatoms. The summed E-state index contributed by atoms with van der Waals surface area (Å²) >= 11 is 0. The van der Waals surface area contributed by atoms with E-state index in [0.29, 0.717) is 25.7 Å². The Balaban J connectivity index is 0. The topological polar surface area (TPSA) is 254 Å². The van der Waals surface area contributed by atoms with Gasteiger partial charge in [0.2, 0.25) is 17.7 Å². The van der Waals surface area contributed by atoms with Gasteiger partial charge in [0.1, 0.15) is 12.1 Å². The highest BCUT2D eigenvalue weighted by Crippen LogP contribution is 2.23. The van der Waals surface area contributed by atoms with Crippen LogP contribution in [0.5, 0.6) is 0 Å². The third-order valence-electron chi connectivity index (χ3n) is 7.82. The second-order valence-electron chi connectivity index (χ2n) is 12.8. The van der Waals surface area contributed by atoms with Gasteiger partial charge in [-0.25, -0.2) is 14.4 Å². The number of aliphatic carboxylic acids is 4. The molecule has 0 bridgehead atoms. The number of benzene rings is 1. The molecule has 1 heterocycles. The van der Waals surface area contributed by atoms with E-state index in [-0.39, 0.29) is 44.7 Å². The number of amides is 3. The van der Waals surface area contributed by atoms with Crippen LogP contribution >= 0.6 is 0 Å². The van der Waals surface area contributed by atoms with Gasteiger partial charge in [0.05, 0.1) is 12.0 Å². The quantitative estimate of drug-likeness (QED) is 0.0901. The summed E-state index contributed by atoms with van der Waals surface area (Å²) in [5.74, 6) is -11.3. The van der Waals surface area contributed by atoms with Crippen molar-refractivity contribution in [3.8, 4) is 0 Å². The Morgan fingerprint density at radius 2 is 1.08 bits per heavy atom. The summed E-state index contributed by atoms with van der Waals surface area (Å²) in [6, 6.07) is 5.97. The predicted octanol–water partition coefficient (Wildman–Crippen LogP) is 5.06. The van der Waals surface area contributed by atoms with Gasteiger partial charge in [0.25, 0.3) is 0 Å². The fourth-order valence-electron chi connectivity index (χ4n) is 4.69. The number of carboxylic acid groups (broad SMARTS) is 4. The molecule has 61 heavy (non-hydrogen) atoms. The van der Waals surface area contributed by atoms with E-state index in [4.69, 9.17) is 35.4 Å². The van der Waals surface area contributed by atoms with Crippen LogP contribution in [0.1, 0.15) is 70.3 Å². The molecular weight excluding hydrogens is 868 g/mol. The molecule has 0 aliphatic carbocycles. The normalized spacial score (nSPS) is 14.8. The molecule has 1 fully saturated rings. The van der Waals surface area contributed by atoms with Crippen molar-refractivity contribution >= 4 is 41.6 Å². The molecule has 0 aromatic heterocycles. The predicted molar refractivity (Wildman–Crippen MR) is 184 cm³/mol. The van der Waals surface area contributed by atoms with Crippen molar-refractivity contribution in [2.45, 2.75) is 114 Å². The lowest BCUT2D eigenvalue weighted by Crippen LogP contribution is -2.57. The minimum atomic E-state index is -5.08. The van der Waals surface area contributed by atoms with Crippen LogP contribution in [0.3, 0.4) is 0 Å². The number of carbonyl (C=O) groups excluding carboxylic acids is 3. The van der Waals surface area contributed by atoms with Gasteiger partial charge in [0.15, 0.2) is 0 Å². The Hall–Kier alpha value is -5.37. The molecule has 15 nitrogen and oxygen atoms in total. The SMILES string of the molecule is CCCCC(NC(=O)[C@@H](CCCCC(F)(F)F)NC(=O)[C@H](N)Cc1ccccc1)C(=O)N1CCC(C(=O)O)CC1.O=C(O)C(F)(F)F.O=C(O)C(F)(F)F.O=C(O)C(F)(F)F. The summed E-state index contributed by atoms with van der Waals surface area (Å²) in [4.78, 5) is 78.9. The molecule has 8 N–H and O–H groups in total. The maximum atomic E-state index is 13.3. The summed E-state index contributed by atoms with van der Waals surface area (Å²) in [7, 11) is 0. The highest BCUT2D eigenvalue weighted by Gasteiger charge is 2.40. The van der Waals surface area contributed by atoms with Crippen molar-refractivity contribution < 1.29 is 107 Å². The number of carbonyl (C=O) groups is 7. The van der Waals surface area contributed by atoms with Gasteiger partial charge in [-0.05, 0) is 44.1 Å². The number of nitrogens with two attached hydrogens (primary N) is 1. The molecule has 1 aliphatic heterocycles. The first-order valence-corrected chi connectivity index (χ1v) is 17.6. The molecule has 3 amide bonds. The number of carboxylic acids is 4. The number of nitrogens with zero attached hydrogens (tertiary/aromatic N) is 1. The van der Waals surface area contributed by atoms with Gasteiger partial charge < -0.3 is 41.7 Å². The van der Waals surface area contributed by atoms with E-state index in [1.807, 2.05) is 13.0 Å². The number of hydrogen-bond acceptors (Lipinski definition) is 8. The van der Waals surface area contributed by atoms with Crippen LogP contribution < -0.4 is 16.4 Å². The van der Waals surface area contributed by atoms with E-state index < -0.39 is 90.9 Å². The van der Waals surface area contributed by atoms with Crippen LogP contribution in [0, 0.1) is 5.92 Å². The van der Waals surface area contributed by atoms with Crippen LogP contribution in [0.25, 0.3) is 0 Å². The maximum absolute atomic E-state index is 13.3. The van der Waals surface area contributed by atoms with E-state index in [2.05, 4.69) is 10.6 Å². The third kappa shape index (κ3) is 27.2. The highest BCUT2D eigenvalue weighted by atomic mass is 19.4. The minimum absolute atomic E-state index is 0.0298. The first-order valence-electron chi connectivity index (χ1n) is 17.6. The summed E-state index contributed by atoms with van der Waals surface area (Å²) in [5.41, 5.74) is 6.87. The lowest BCUT2D eigenvalue weighted by atomic mass is 9.96. The Kier molecular flexibility index (Phi) is 25.3. The van der Waals surface area contributed by atoms with Gasteiger partial charge in [-0.15, -0.1) is 0 Å². The van der Waals surface area contributed by atoms with Crippen molar-refractivity contribution in [1.29, 1.82) is 0 Å². The van der Waals surface area contributed by atoms with Crippen molar-refractivity contribution in [2.75, 3.05) is 13.1 Å². The van der Waals surface area contributed by atoms with Crippen molar-refractivity contribution in [3.05, 3.63) is 35.9 Å². The number of nitrogens with one attached hydrogen (secondary N) is 2. The molecule has 0 radical (unpaired) electrons. The van der Waals surface area contributed by atoms with E-state index in [9.17, 15) is 77.0 Å². The Morgan fingerprint density at radius 3 is 1.46 bits per heavy atom. The van der Waals surface area contributed by atoms with Gasteiger partial charge in [0, 0.05) is 19.5 Å². The fourth-order valence-corrected chi connectivity index (χ4v) is 4.69. The summed E-state index contributed by atoms with van der Waals surface area (Å²) < 4.78 is 133. The van der Waals surface area contributed by atoms with Crippen LogP contribution in [0.2, 0.25) is 0 Å². The largest absolute Gasteiger partial charge is 0.490 e. The second-order valence-corrected chi connectivity index (χ2v) is 12.8. The molecule has 350 valence electrons. The van der Waals surface area contributed by atoms with Crippen molar-refractivity contribution in [1.82, 2.24) is 15.5 Å². The summed E-state index contributed by atoms with van der Waals surface area (Å²) in [6.45, 7) is 2.43. The van der Waals surface area contributed by atoms with Crippen LogP contribution in [0.15, 0.2) is 30.3 Å². The number of unbranched alkanes of at least 4 members (excludes halogenated alkanes) is 2. The zero-order chi connectivity index (χ0) is 47.9. The number of hydrogen-bond donors (Lipinski definition) is 7. The fraction of sp³-hybridized carbons (Fsp3) is 0.618. The second kappa shape index (κ2) is 26.8. The van der Waals surface area contributed by atoms with Crippen molar-refractivity contribution in [2.24, 2.45) is 11.7 Å². The number of rotatable bonds is 15. The van der Waals surface area contributed by atoms with Gasteiger partial charge >= 0.3 is 48.6 Å². The van der Waals surface area contributed by atoms with Gasteiger partial charge in [-0.1, -0.05) is 56.5 Å². The van der Waals surface area contributed by atoms with Crippen molar-refractivity contribution in [3.63, 3.8) is 0 Å². The molecule has 1 aromatic carbocycles. The smallest absolute Gasteiger partial charge is 0.481 e. The Morgan fingerprint density at radius 1 is 0.672 bits per heavy atom. The zero-order valence-corrected chi connectivity index (χ0v) is 31.9. The van der Waals surface area contributed by atoms with Gasteiger partial charge in [-0.3, -0.25) is 19.2 Å². The van der Waals surface area contributed by atoms with E-state index in [1.165, 1.54) is 4.90 Å². The first kappa shape index (κ1) is 57.7. The molecule has 2 rings (SSSR count). The van der Waals surface area contributed by atoms with E-state index in [1.54, 1.807) is 24.3 Å². The Bertz CT molecular complexity index is 1490. The van der Waals surface area contributed by atoms with Gasteiger partial charge in [-0.2, -0.15) is 52.7 Å². The molecule has 0 saturated carbocycles. The average Bonchev–Trinajstić information content (AvgIpc) is 3.13. The minimum Gasteiger partial charge on any atom is -0.481 e. The molecule has 3 atom stereocenters. The monoisotopic (exact) mass is 912 g/mol. The molecule has 1 aromatic rings. The van der Waals surface area contributed by atoms with Crippen LogP contribution in [0.4, 0.5) is 52.7 Å². The molecular formula is C34H44F12N4O11. The standard InChI is InChI=1S/C28H41F3N4O5.3C2HF3O2/c1-2-3-11-23(26(38)35-16-13-20(14-17-35)27(39)40)34-25(37)22(12-7-8-15-28(29,30)31)33-24(36)21(32)18-19-9-5-4-6-10-19;3*3-2(4,5)1(6)7/h4-6,9-10,20-23H,2-3,7-8,11-18,32H2,1H3,(H,33,36)(H,34,37)(H,39,40);3*(H,6,7)/t21-,22-,23?;;;/m1.../s1. The highest BCUT2D eigenvalue weighted by molar-refractivity contribution is 5.93.